The van der Waals surface area contributed by atoms with Gasteiger partial charge >= 0.3 is 0 Å². The minimum atomic E-state index is 0.519. The van der Waals surface area contributed by atoms with E-state index in [1.165, 1.54) is 6.42 Å². The summed E-state index contributed by atoms with van der Waals surface area (Å²) in [6.07, 6.45) is 4.96. The molecule has 98 valence electrons. The highest BCUT2D eigenvalue weighted by Gasteiger charge is 2.12. The third-order valence-electron chi connectivity index (χ3n) is 2.84. The van der Waals surface area contributed by atoms with Crippen molar-refractivity contribution in [3.05, 3.63) is 12.2 Å². The van der Waals surface area contributed by atoms with Gasteiger partial charge in [-0.2, -0.15) is 5.10 Å². The highest BCUT2D eigenvalue weighted by atomic mass is 15.3. The number of nitrogens with zero attached hydrogens (tertiary/aromatic N) is 3. The summed E-state index contributed by atoms with van der Waals surface area (Å²) in [5.74, 6) is 1.72. The highest BCUT2D eigenvalue weighted by molar-refractivity contribution is 4.89. The van der Waals surface area contributed by atoms with Crippen LogP contribution in [0.5, 0.6) is 0 Å². The molecule has 1 heterocycles. The van der Waals surface area contributed by atoms with E-state index >= 15 is 0 Å². The molecule has 0 fully saturated rings. The van der Waals surface area contributed by atoms with E-state index in [0.29, 0.717) is 12.0 Å². The van der Waals surface area contributed by atoms with Gasteiger partial charge in [0.15, 0.2) is 0 Å². The third-order valence-corrected chi connectivity index (χ3v) is 2.84. The third kappa shape index (κ3) is 4.86. The summed E-state index contributed by atoms with van der Waals surface area (Å²) in [6, 6.07) is 0.519. The van der Waals surface area contributed by atoms with E-state index in [2.05, 4.69) is 43.1 Å². The quantitative estimate of drug-likeness (QED) is 0.755. The van der Waals surface area contributed by atoms with E-state index in [1.54, 1.807) is 6.33 Å². The van der Waals surface area contributed by atoms with Gasteiger partial charge < -0.3 is 5.32 Å². The number of nitrogens with one attached hydrogen (secondary N) is 1. The zero-order chi connectivity index (χ0) is 12.7. The molecule has 0 bridgehead atoms. The highest BCUT2D eigenvalue weighted by Crippen LogP contribution is 2.06. The first-order valence-electron chi connectivity index (χ1n) is 6.77. The van der Waals surface area contributed by atoms with Gasteiger partial charge in [-0.15, -0.1) is 0 Å². The molecule has 0 aromatic carbocycles. The normalized spacial score (nSPS) is 13.2. The van der Waals surface area contributed by atoms with Gasteiger partial charge in [0.05, 0.1) is 0 Å². The van der Waals surface area contributed by atoms with Crippen molar-refractivity contribution in [1.29, 1.82) is 0 Å². The van der Waals surface area contributed by atoms with Crippen molar-refractivity contribution in [2.75, 3.05) is 6.54 Å². The summed E-state index contributed by atoms with van der Waals surface area (Å²) >= 11 is 0. The summed E-state index contributed by atoms with van der Waals surface area (Å²) < 4.78 is 2.04. The minimum absolute atomic E-state index is 0.519. The number of aromatic nitrogens is 3. The maximum atomic E-state index is 4.38. The van der Waals surface area contributed by atoms with Crippen molar-refractivity contribution in [1.82, 2.24) is 20.1 Å². The Bertz CT molecular complexity index is 306. The molecular weight excluding hydrogens is 212 g/mol. The molecule has 0 spiro atoms. The lowest BCUT2D eigenvalue weighted by molar-refractivity contribution is 0.434. The predicted molar refractivity (Wildman–Crippen MR) is 70.9 cm³/mol. The van der Waals surface area contributed by atoms with Crippen LogP contribution in [0, 0.1) is 5.92 Å². The average Bonchev–Trinajstić information content (AvgIpc) is 2.70. The van der Waals surface area contributed by atoms with E-state index in [-0.39, 0.29) is 0 Å². The molecule has 1 unspecified atom stereocenters. The van der Waals surface area contributed by atoms with Gasteiger partial charge in [-0.25, -0.2) is 9.67 Å². The van der Waals surface area contributed by atoms with Crippen LogP contribution in [0.3, 0.4) is 0 Å². The molecule has 0 saturated heterocycles. The number of hydrogen-bond donors (Lipinski definition) is 1. The second-order valence-electron chi connectivity index (χ2n) is 5.02. The molecule has 0 amide bonds. The Hall–Kier alpha value is -0.900. The Morgan fingerprint density at radius 1 is 1.35 bits per heavy atom. The standard InChI is InChI=1S/C13H26N4/c1-5-7-14-12(6-2)8-13-15-10-16-17(13)9-11(3)4/h10-12,14H,5-9H2,1-4H3. The van der Waals surface area contributed by atoms with Gasteiger partial charge in [0.1, 0.15) is 12.2 Å². The van der Waals surface area contributed by atoms with Crippen molar-refractivity contribution in [3.63, 3.8) is 0 Å². The van der Waals surface area contributed by atoms with Crippen LogP contribution in [0.2, 0.25) is 0 Å². The fourth-order valence-electron chi connectivity index (χ4n) is 1.87. The van der Waals surface area contributed by atoms with Crippen molar-refractivity contribution in [2.45, 2.75) is 59.5 Å². The molecule has 0 aliphatic carbocycles. The first-order valence-corrected chi connectivity index (χ1v) is 6.77. The van der Waals surface area contributed by atoms with Crippen LogP contribution in [0.1, 0.15) is 46.4 Å². The van der Waals surface area contributed by atoms with Gasteiger partial charge in [0, 0.05) is 19.0 Å². The SMILES string of the molecule is CCCNC(CC)Cc1ncnn1CC(C)C. The summed E-state index contributed by atoms with van der Waals surface area (Å²) in [5.41, 5.74) is 0. The smallest absolute Gasteiger partial charge is 0.138 e. The molecule has 1 atom stereocenters. The van der Waals surface area contributed by atoms with Crippen molar-refractivity contribution < 1.29 is 0 Å². The molecule has 0 aliphatic heterocycles. The van der Waals surface area contributed by atoms with E-state index in [9.17, 15) is 0 Å². The van der Waals surface area contributed by atoms with Crippen LogP contribution >= 0.6 is 0 Å². The van der Waals surface area contributed by atoms with E-state index in [1.807, 2.05) is 4.68 Å². The molecule has 17 heavy (non-hydrogen) atoms. The molecule has 1 N–H and O–H groups in total. The summed E-state index contributed by atoms with van der Waals surface area (Å²) in [4.78, 5) is 4.38. The van der Waals surface area contributed by atoms with Gasteiger partial charge in [0.25, 0.3) is 0 Å². The van der Waals surface area contributed by atoms with Crippen LogP contribution < -0.4 is 5.32 Å². The molecule has 1 aromatic rings. The zero-order valence-corrected chi connectivity index (χ0v) is 11.6. The maximum Gasteiger partial charge on any atom is 0.138 e. The average molecular weight is 238 g/mol. The fraction of sp³-hybridized carbons (Fsp3) is 0.846. The largest absolute Gasteiger partial charge is 0.314 e. The minimum Gasteiger partial charge on any atom is -0.314 e. The molecular formula is C13H26N4. The lowest BCUT2D eigenvalue weighted by Crippen LogP contribution is -2.32. The Kier molecular flexibility index (Phi) is 6.19. The number of hydrogen-bond acceptors (Lipinski definition) is 3. The molecule has 0 saturated carbocycles. The molecule has 4 nitrogen and oxygen atoms in total. The maximum absolute atomic E-state index is 4.38. The van der Waals surface area contributed by atoms with Crippen LogP contribution in [-0.2, 0) is 13.0 Å². The molecule has 0 radical (unpaired) electrons. The summed E-state index contributed by atoms with van der Waals surface area (Å²) in [6.45, 7) is 10.9. The Morgan fingerprint density at radius 2 is 2.12 bits per heavy atom. The van der Waals surface area contributed by atoms with Crippen molar-refractivity contribution >= 4 is 0 Å². The van der Waals surface area contributed by atoms with Crippen LogP contribution in [0.4, 0.5) is 0 Å². The van der Waals surface area contributed by atoms with Crippen molar-refractivity contribution in [3.8, 4) is 0 Å². The summed E-state index contributed by atoms with van der Waals surface area (Å²) in [5, 5.41) is 7.86. The monoisotopic (exact) mass is 238 g/mol. The Balaban J connectivity index is 2.56. The topological polar surface area (TPSA) is 42.7 Å². The Labute approximate surface area is 105 Å². The van der Waals surface area contributed by atoms with E-state index < -0.39 is 0 Å². The fourth-order valence-corrected chi connectivity index (χ4v) is 1.87. The molecule has 1 rings (SSSR count). The lowest BCUT2D eigenvalue weighted by atomic mass is 10.1. The second-order valence-corrected chi connectivity index (χ2v) is 5.02. The molecule has 0 aliphatic rings. The van der Waals surface area contributed by atoms with Gasteiger partial charge in [-0.05, 0) is 25.3 Å². The molecule has 4 heteroatoms. The van der Waals surface area contributed by atoms with Gasteiger partial charge in [0.2, 0.25) is 0 Å². The lowest BCUT2D eigenvalue weighted by Gasteiger charge is -2.17. The van der Waals surface area contributed by atoms with Crippen molar-refractivity contribution in [2.24, 2.45) is 5.92 Å². The van der Waals surface area contributed by atoms with Crippen LogP contribution in [-0.4, -0.2) is 27.4 Å². The summed E-state index contributed by atoms with van der Waals surface area (Å²) in [7, 11) is 0. The Morgan fingerprint density at radius 3 is 2.71 bits per heavy atom. The van der Waals surface area contributed by atoms with Crippen LogP contribution in [0.15, 0.2) is 6.33 Å². The first kappa shape index (κ1) is 14.2. The number of rotatable bonds is 8. The second kappa shape index (κ2) is 7.43. The van der Waals surface area contributed by atoms with E-state index in [4.69, 9.17) is 0 Å². The van der Waals surface area contributed by atoms with Gasteiger partial charge in [-0.3, -0.25) is 0 Å². The first-order chi connectivity index (χ1) is 8.17. The predicted octanol–water partition coefficient (Wildman–Crippen LogP) is 2.25. The zero-order valence-electron chi connectivity index (χ0n) is 11.6. The van der Waals surface area contributed by atoms with E-state index in [0.717, 1.165) is 31.8 Å². The van der Waals surface area contributed by atoms with Gasteiger partial charge in [-0.1, -0.05) is 27.7 Å². The molecule has 1 aromatic heterocycles. The van der Waals surface area contributed by atoms with Crippen LogP contribution in [0.25, 0.3) is 0 Å².